The van der Waals surface area contributed by atoms with E-state index in [4.69, 9.17) is 0 Å². The van der Waals surface area contributed by atoms with Crippen LogP contribution in [0.15, 0.2) is 35.5 Å². The molecule has 2 aromatic rings. The maximum Gasteiger partial charge on any atom is 0.242 e. The van der Waals surface area contributed by atoms with Gasteiger partial charge in [-0.1, -0.05) is 42.1 Å². The zero-order chi connectivity index (χ0) is 17.6. The number of tetrazole rings is 1. The van der Waals surface area contributed by atoms with Gasteiger partial charge < -0.3 is 10.6 Å². The van der Waals surface area contributed by atoms with Crippen LogP contribution in [0.5, 0.6) is 0 Å². The first-order valence-corrected chi connectivity index (χ1v) is 9.13. The molecule has 1 aliphatic carbocycles. The van der Waals surface area contributed by atoms with Gasteiger partial charge in [0.1, 0.15) is 6.04 Å². The molecule has 2 amide bonds. The van der Waals surface area contributed by atoms with Crippen molar-refractivity contribution in [1.82, 2.24) is 30.8 Å². The van der Waals surface area contributed by atoms with Gasteiger partial charge in [-0.05, 0) is 35.8 Å². The number of rotatable bonds is 8. The summed E-state index contributed by atoms with van der Waals surface area (Å²) >= 11 is 1.28. The average Bonchev–Trinajstić information content (AvgIpc) is 3.36. The van der Waals surface area contributed by atoms with Crippen molar-refractivity contribution < 1.29 is 9.59 Å². The number of amides is 2. The molecule has 0 spiro atoms. The van der Waals surface area contributed by atoms with E-state index in [9.17, 15) is 9.59 Å². The standard InChI is InChI=1S/C16H20N6O2S/c1-11(15(24)17-9-12-5-3-2-4-6-12)18-14(23)10-25-16-19-20-21-22(16)13-7-8-13/h2-6,11,13H,7-10H2,1H3,(H,17,24)(H,18,23). The third-order valence-corrected chi connectivity index (χ3v) is 4.70. The van der Waals surface area contributed by atoms with Gasteiger partial charge in [-0.15, -0.1) is 5.10 Å². The van der Waals surface area contributed by atoms with Gasteiger partial charge in [-0.3, -0.25) is 9.59 Å². The van der Waals surface area contributed by atoms with Crippen LogP contribution in [0.3, 0.4) is 0 Å². The highest BCUT2D eigenvalue weighted by molar-refractivity contribution is 7.99. The quantitative estimate of drug-likeness (QED) is 0.679. The van der Waals surface area contributed by atoms with Crippen LogP contribution in [-0.2, 0) is 16.1 Å². The number of hydrogen-bond donors (Lipinski definition) is 2. The summed E-state index contributed by atoms with van der Waals surface area (Å²) in [6, 6.07) is 9.39. The van der Waals surface area contributed by atoms with Crippen molar-refractivity contribution in [3.8, 4) is 0 Å². The Morgan fingerprint density at radius 1 is 1.32 bits per heavy atom. The van der Waals surface area contributed by atoms with Crippen molar-refractivity contribution in [1.29, 1.82) is 0 Å². The minimum atomic E-state index is -0.601. The second kappa shape index (κ2) is 8.11. The van der Waals surface area contributed by atoms with Gasteiger partial charge in [-0.25, -0.2) is 4.68 Å². The zero-order valence-corrected chi connectivity index (χ0v) is 14.7. The summed E-state index contributed by atoms with van der Waals surface area (Å²) in [5, 5.41) is 17.7. The van der Waals surface area contributed by atoms with Crippen LogP contribution in [0.1, 0.15) is 31.4 Å². The molecule has 1 saturated carbocycles. The zero-order valence-electron chi connectivity index (χ0n) is 13.9. The Labute approximate surface area is 149 Å². The summed E-state index contributed by atoms with van der Waals surface area (Å²) < 4.78 is 1.76. The molecule has 132 valence electrons. The molecule has 9 heteroatoms. The summed E-state index contributed by atoms with van der Waals surface area (Å²) in [4.78, 5) is 24.1. The van der Waals surface area contributed by atoms with Crippen molar-refractivity contribution in [3.05, 3.63) is 35.9 Å². The minimum Gasteiger partial charge on any atom is -0.350 e. The molecule has 2 N–H and O–H groups in total. The lowest BCUT2D eigenvalue weighted by atomic mass is 10.2. The van der Waals surface area contributed by atoms with E-state index in [1.54, 1.807) is 11.6 Å². The maximum absolute atomic E-state index is 12.1. The van der Waals surface area contributed by atoms with Crippen LogP contribution in [0.2, 0.25) is 0 Å². The molecule has 1 aromatic carbocycles. The lowest BCUT2D eigenvalue weighted by molar-refractivity contribution is -0.127. The van der Waals surface area contributed by atoms with Gasteiger partial charge in [0, 0.05) is 6.54 Å². The van der Waals surface area contributed by atoms with Crippen LogP contribution in [0.4, 0.5) is 0 Å². The molecule has 3 rings (SSSR count). The third kappa shape index (κ3) is 5.02. The van der Waals surface area contributed by atoms with E-state index in [1.165, 1.54) is 11.8 Å². The first-order chi connectivity index (χ1) is 12.1. The number of benzene rings is 1. The van der Waals surface area contributed by atoms with E-state index in [-0.39, 0.29) is 17.6 Å². The Kier molecular flexibility index (Phi) is 5.64. The summed E-state index contributed by atoms with van der Waals surface area (Å²) in [6.45, 7) is 2.10. The monoisotopic (exact) mass is 360 g/mol. The van der Waals surface area contributed by atoms with E-state index in [2.05, 4.69) is 26.2 Å². The second-order valence-corrected chi connectivity index (χ2v) is 6.86. The Bertz CT molecular complexity index is 731. The molecular formula is C16H20N6O2S. The Balaban J connectivity index is 1.40. The molecule has 1 fully saturated rings. The molecule has 1 aliphatic rings. The largest absolute Gasteiger partial charge is 0.350 e. The van der Waals surface area contributed by atoms with Crippen LogP contribution in [-0.4, -0.2) is 43.8 Å². The average molecular weight is 360 g/mol. The molecule has 0 saturated heterocycles. The van der Waals surface area contributed by atoms with Crippen LogP contribution < -0.4 is 10.6 Å². The number of hydrogen-bond acceptors (Lipinski definition) is 6. The van der Waals surface area contributed by atoms with Gasteiger partial charge in [0.15, 0.2) is 0 Å². The molecule has 1 atom stereocenters. The third-order valence-electron chi connectivity index (χ3n) is 3.77. The molecule has 0 aliphatic heterocycles. The smallest absolute Gasteiger partial charge is 0.242 e. The number of nitrogens with one attached hydrogen (secondary N) is 2. The molecule has 0 radical (unpaired) electrons. The number of carbonyl (C=O) groups is 2. The van der Waals surface area contributed by atoms with Crippen molar-refractivity contribution >= 4 is 23.6 Å². The number of nitrogens with zero attached hydrogens (tertiary/aromatic N) is 4. The fraction of sp³-hybridized carbons (Fsp3) is 0.438. The van der Waals surface area contributed by atoms with Crippen molar-refractivity contribution in [2.45, 2.75) is 43.6 Å². The molecule has 25 heavy (non-hydrogen) atoms. The summed E-state index contributed by atoms with van der Waals surface area (Å²) in [7, 11) is 0. The van der Waals surface area contributed by atoms with E-state index in [0.29, 0.717) is 17.7 Å². The predicted octanol–water partition coefficient (Wildman–Crippen LogP) is 0.921. The maximum atomic E-state index is 12.1. The Morgan fingerprint density at radius 3 is 2.80 bits per heavy atom. The summed E-state index contributed by atoms with van der Waals surface area (Å²) in [5.74, 6) is -0.272. The van der Waals surface area contributed by atoms with Crippen LogP contribution in [0, 0.1) is 0 Å². The molecular weight excluding hydrogens is 340 g/mol. The fourth-order valence-corrected chi connectivity index (χ4v) is 3.00. The molecule has 0 bridgehead atoms. The van der Waals surface area contributed by atoms with Gasteiger partial charge in [-0.2, -0.15) is 0 Å². The summed E-state index contributed by atoms with van der Waals surface area (Å²) in [5.41, 5.74) is 1.01. The molecule has 8 nitrogen and oxygen atoms in total. The topological polar surface area (TPSA) is 102 Å². The van der Waals surface area contributed by atoms with Gasteiger partial charge >= 0.3 is 0 Å². The lowest BCUT2D eigenvalue weighted by Gasteiger charge is -2.14. The van der Waals surface area contributed by atoms with E-state index in [0.717, 1.165) is 18.4 Å². The molecule has 1 heterocycles. The first-order valence-electron chi connectivity index (χ1n) is 8.15. The molecule has 1 aromatic heterocycles. The van der Waals surface area contributed by atoms with Crippen molar-refractivity contribution in [2.75, 3.05) is 5.75 Å². The van der Waals surface area contributed by atoms with Gasteiger partial charge in [0.05, 0.1) is 11.8 Å². The highest BCUT2D eigenvalue weighted by Gasteiger charge is 2.28. The van der Waals surface area contributed by atoms with Crippen molar-refractivity contribution in [2.24, 2.45) is 0 Å². The summed E-state index contributed by atoms with van der Waals surface area (Å²) in [6.07, 6.45) is 2.15. The SMILES string of the molecule is CC(NC(=O)CSc1nnnn1C1CC1)C(=O)NCc1ccccc1. The van der Waals surface area contributed by atoms with E-state index in [1.807, 2.05) is 30.3 Å². The normalized spacial score (nSPS) is 14.8. The van der Waals surface area contributed by atoms with Gasteiger partial charge in [0.25, 0.3) is 0 Å². The molecule has 1 unspecified atom stereocenters. The lowest BCUT2D eigenvalue weighted by Crippen LogP contribution is -2.45. The second-order valence-electron chi connectivity index (χ2n) is 5.92. The predicted molar refractivity (Wildman–Crippen MR) is 92.7 cm³/mol. The van der Waals surface area contributed by atoms with Crippen LogP contribution >= 0.6 is 11.8 Å². The highest BCUT2D eigenvalue weighted by atomic mass is 32.2. The van der Waals surface area contributed by atoms with Crippen LogP contribution in [0.25, 0.3) is 0 Å². The fourth-order valence-electron chi connectivity index (χ4n) is 2.25. The Morgan fingerprint density at radius 2 is 2.08 bits per heavy atom. The van der Waals surface area contributed by atoms with Gasteiger partial charge in [0.2, 0.25) is 17.0 Å². The van der Waals surface area contributed by atoms with E-state index >= 15 is 0 Å². The first kappa shape index (κ1) is 17.4. The highest BCUT2D eigenvalue weighted by Crippen LogP contribution is 2.36. The van der Waals surface area contributed by atoms with Crippen molar-refractivity contribution in [3.63, 3.8) is 0 Å². The number of aromatic nitrogens is 4. The number of thioether (sulfide) groups is 1. The number of carbonyl (C=O) groups excluding carboxylic acids is 2. The minimum absolute atomic E-state index is 0.170. The Hall–Kier alpha value is -2.42. The van der Waals surface area contributed by atoms with E-state index < -0.39 is 6.04 Å².